The van der Waals surface area contributed by atoms with Crippen LogP contribution in [-0.4, -0.2) is 36.5 Å². The van der Waals surface area contributed by atoms with Crippen molar-refractivity contribution < 1.29 is 19.1 Å². The standard InChI is InChI=1S/C22H31N3O4/c1-5-7-8-9-13-18(26)23-17-12-10-11-16(14-17)20-19(21(27)29-6-2)15(3)25(4)22(28)24-20/h10-12,14,20H,5-9,13H2,1-4H3,(H,23,26)(H,24,28). The minimum atomic E-state index is -0.640. The van der Waals surface area contributed by atoms with Crippen molar-refractivity contribution in [1.29, 1.82) is 0 Å². The average Bonchev–Trinajstić information content (AvgIpc) is 2.69. The normalized spacial score (nSPS) is 16.5. The van der Waals surface area contributed by atoms with Crippen LogP contribution in [0.1, 0.15) is 64.5 Å². The third-order valence-electron chi connectivity index (χ3n) is 5.01. The number of urea groups is 1. The van der Waals surface area contributed by atoms with Gasteiger partial charge in [0.25, 0.3) is 0 Å². The fourth-order valence-corrected chi connectivity index (χ4v) is 3.29. The Morgan fingerprint density at radius 1 is 1.21 bits per heavy atom. The Bertz CT molecular complexity index is 788. The van der Waals surface area contributed by atoms with Crippen LogP contribution in [0.25, 0.3) is 0 Å². The van der Waals surface area contributed by atoms with Crippen LogP contribution in [0.15, 0.2) is 35.5 Å². The number of rotatable bonds is 9. The first-order valence-electron chi connectivity index (χ1n) is 10.2. The maximum Gasteiger partial charge on any atom is 0.338 e. The van der Waals surface area contributed by atoms with Crippen LogP contribution in [0.5, 0.6) is 0 Å². The molecule has 0 aliphatic carbocycles. The zero-order valence-electron chi connectivity index (χ0n) is 17.7. The predicted molar refractivity (Wildman–Crippen MR) is 112 cm³/mol. The molecule has 1 atom stereocenters. The molecule has 0 spiro atoms. The largest absolute Gasteiger partial charge is 0.463 e. The minimum Gasteiger partial charge on any atom is -0.463 e. The molecule has 1 aliphatic rings. The molecule has 7 nitrogen and oxygen atoms in total. The van der Waals surface area contributed by atoms with Gasteiger partial charge in [-0.15, -0.1) is 0 Å². The van der Waals surface area contributed by atoms with Crippen molar-refractivity contribution in [1.82, 2.24) is 10.2 Å². The van der Waals surface area contributed by atoms with E-state index >= 15 is 0 Å². The molecule has 2 rings (SSSR count). The van der Waals surface area contributed by atoms with Gasteiger partial charge in [0.05, 0.1) is 18.2 Å². The Morgan fingerprint density at radius 2 is 1.97 bits per heavy atom. The maximum absolute atomic E-state index is 12.6. The van der Waals surface area contributed by atoms with Gasteiger partial charge in [-0.1, -0.05) is 38.3 Å². The highest BCUT2D eigenvalue weighted by Crippen LogP contribution is 2.31. The molecule has 1 aromatic carbocycles. The molecule has 1 heterocycles. The summed E-state index contributed by atoms with van der Waals surface area (Å²) in [5.74, 6) is -0.504. The third kappa shape index (κ3) is 5.82. The Hall–Kier alpha value is -2.83. The Kier molecular flexibility index (Phi) is 8.24. The molecule has 0 bridgehead atoms. The van der Waals surface area contributed by atoms with Gasteiger partial charge in [0.15, 0.2) is 0 Å². The van der Waals surface area contributed by atoms with Crippen LogP contribution in [-0.2, 0) is 14.3 Å². The third-order valence-corrected chi connectivity index (χ3v) is 5.01. The monoisotopic (exact) mass is 401 g/mol. The molecule has 0 fully saturated rings. The van der Waals surface area contributed by atoms with Crippen molar-refractivity contribution in [2.45, 2.75) is 58.9 Å². The van der Waals surface area contributed by atoms with E-state index in [1.54, 1.807) is 39.1 Å². The molecule has 0 aromatic heterocycles. The lowest BCUT2D eigenvalue weighted by molar-refractivity contribution is -0.139. The average molecular weight is 402 g/mol. The molecular weight excluding hydrogens is 370 g/mol. The molecule has 0 radical (unpaired) electrons. The van der Waals surface area contributed by atoms with Gasteiger partial charge in [0.2, 0.25) is 5.91 Å². The van der Waals surface area contributed by atoms with E-state index in [0.29, 0.717) is 28.9 Å². The van der Waals surface area contributed by atoms with Crippen LogP contribution < -0.4 is 10.6 Å². The summed E-state index contributed by atoms with van der Waals surface area (Å²) in [6.07, 6.45) is 4.63. The van der Waals surface area contributed by atoms with Gasteiger partial charge in [-0.05, 0) is 38.0 Å². The van der Waals surface area contributed by atoms with Crippen molar-refractivity contribution in [3.05, 3.63) is 41.1 Å². The zero-order chi connectivity index (χ0) is 21.4. The lowest BCUT2D eigenvalue weighted by atomic mass is 9.94. The fourth-order valence-electron chi connectivity index (χ4n) is 3.29. The van der Waals surface area contributed by atoms with Gasteiger partial charge >= 0.3 is 12.0 Å². The van der Waals surface area contributed by atoms with Crippen LogP contribution in [0.3, 0.4) is 0 Å². The predicted octanol–water partition coefficient (Wildman–Crippen LogP) is 4.13. The summed E-state index contributed by atoms with van der Waals surface area (Å²) >= 11 is 0. The fraction of sp³-hybridized carbons (Fsp3) is 0.500. The van der Waals surface area contributed by atoms with Crippen molar-refractivity contribution >= 4 is 23.6 Å². The van der Waals surface area contributed by atoms with E-state index in [9.17, 15) is 14.4 Å². The summed E-state index contributed by atoms with van der Waals surface area (Å²) in [6, 6.07) is 6.26. The van der Waals surface area contributed by atoms with E-state index in [2.05, 4.69) is 17.6 Å². The van der Waals surface area contributed by atoms with Crippen molar-refractivity contribution in [3.8, 4) is 0 Å². The number of unbranched alkanes of at least 4 members (excludes halogenated alkanes) is 3. The van der Waals surface area contributed by atoms with Gasteiger partial charge in [-0.3, -0.25) is 4.79 Å². The molecule has 1 aliphatic heterocycles. The Balaban J connectivity index is 2.21. The lowest BCUT2D eigenvalue weighted by Gasteiger charge is -2.33. The molecule has 7 heteroatoms. The number of anilines is 1. The molecule has 0 saturated heterocycles. The lowest BCUT2D eigenvalue weighted by Crippen LogP contribution is -2.46. The highest BCUT2D eigenvalue weighted by molar-refractivity contribution is 5.95. The summed E-state index contributed by atoms with van der Waals surface area (Å²) < 4.78 is 5.20. The summed E-state index contributed by atoms with van der Waals surface area (Å²) in [4.78, 5) is 38.4. The summed E-state index contributed by atoms with van der Waals surface area (Å²) in [6.45, 7) is 5.84. The highest BCUT2D eigenvalue weighted by Gasteiger charge is 2.35. The first-order chi connectivity index (χ1) is 13.9. The Labute approximate surface area is 172 Å². The second kappa shape index (κ2) is 10.6. The van der Waals surface area contributed by atoms with E-state index in [-0.39, 0.29) is 18.5 Å². The van der Waals surface area contributed by atoms with E-state index < -0.39 is 12.0 Å². The second-order valence-electron chi connectivity index (χ2n) is 7.15. The first-order valence-corrected chi connectivity index (χ1v) is 10.2. The number of hydrogen-bond donors (Lipinski definition) is 2. The first kappa shape index (κ1) is 22.5. The van der Waals surface area contributed by atoms with Gasteiger partial charge in [0.1, 0.15) is 0 Å². The van der Waals surface area contributed by atoms with Crippen molar-refractivity contribution in [2.75, 3.05) is 19.0 Å². The highest BCUT2D eigenvalue weighted by atomic mass is 16.5. The number of hydrogen-bond acceptors (Lipinski definition) is 4. The quantitative estimate of drug-likeness (QED) is 0.481. The molecule has 1 unspecified atom stereocenters. The van der Waals surface area contributed by atoms with E-state index in [4.69, 9.17) is 4.74 Å². The van der Waals surface area contributed by atoms with E-state index in [1.807, 2.05) is 6.07 Å². The maximum atomic E-state index is 12.6. The molecule has 158 valence electrons. The van der Waals surface area contributed by atoms with Crippen LogP contribution in [0.2, 0.25) is 0 Å². The summed E-state index contributed by atoms with van der Waals surface area (Å²) in [5.41, 5.74) is 2.27. The molecule has 1 aromatic rings. The van der Waals surface area contributed by atoms with E-state index in [1.165, 1.54) is 4.90 Å². The number of benzene rings is 1. The minimum absolute atomic E-state index is 0.0389. The molecular formula is C22H31N3O4. The SMILES string of the molecule is CCCCCCC(=O)Nc1cccc(C2NC(=O)N(C)C(C)=C2C(=O)OCC)c1. The number of amides is 3. The second-order valence-corrected chi connectivity index (χ2v) is 7.15. The van der Waals surface area contributed by atoms with Gasteiger partial charge < -0.3 is 20.3 Å². The van der Waals surface area contributed by atoms with E-state index in [0.717, 1.165) is 25.7 Å². The smallest absolute Gasteiger partial charge is 0.338 e. The van der Waals surface area contributed by atoms with Gasteiger partial charge in [-0.2, -0.15) is 0 Å². The zero-order valence-corrected chi connectivity index (χ0v) is 17.7. The molecule has 0 saturated carbocycles. The number of nitrogens with one attached hydrogen (secondary N) is 2. The van der Waals surface area contributed by atoms with Crippen LogP contribution in [0.4, 0.5) is 10.5 Å². The number of ether oxygens (including phenoxy) is 1. The van der Waals surface area contributed by atoms with Gasteiger partial charge in [0, 0.05) is 24.9 Å². The van der Waals surface area contributed by atoms with Gasteiger partial charge in [-0.25, -0.2) is 9.59 Å². The number of nitrogens with zero attached hydrogens (tertiary/aromatic N) is 1. The van der Waals surface area contributed by atoms with Crippen molar-refractivity contribution in [2.24, 2.45) is 0 Å². The number of allylic oxidation sites excluding steroid dienone is 1. The molecule has 2 N–H and O–H groups in total. The van der Waals surface area contributed by atoms with Crippen LogP contribution in [0, 0.1) is 0 Å². The molecule has 3 amide bonds. The van der Waals surface area contributed by atoms with Crippen molar-refractivity contribution in [3.63, 3.8) is 0 Å². The Morgan fingerprint density at radius 3 is 2.66 bits per heavy atom. The number of esters is 1. The number of carbonyl (C=O) groups excluding carboxylic acids is 3. The number of carbonyl (C=O) groups is 3. The summed E-state index contributed by atoms with van der Waals surface area (Å²) in [5, 5.41) is 5.75. The summed E-state index contributed by atoms with van der Waals surface area (Å²) in [7, 11) is 1.61. The molecule has 29 heavy (non-hydrogen) atoms. The van der Waals surface area contributed by atoms with Crippen LogP contribution >= 0.6 is 0 Å². The topological polar surface area (TPSA) is 87.7 Å².